The van der Waals surface area contributed by atoms with Gasteiger partial charge in [0.05, 0.1) is 7.11 Å². The van der Waals surface area contributed by atoms with Crippen LogP contribution in [0.3, 0.4) is 0 Å². The molecule has 0 aromatic heterocycles. The molecule has 0 fully saturated rings. The van der Waals surface area contributed by atoms with Crippen molar-refractivity contribution in [3.63, 3.8) is 0 Å². The number of esters is 1. The molecule has 0 radical (unpaired) electrons. The highest BCUT2D eigenvalue weighted by Gasteiger charge is 2.10. The van der Waals surface area contributed by atoms with Gasteiger partial charge in [-0.25, -0.2) is 4.79 Å². The molecule has 0 aliphatic rings. The average molecular weight is 280 g/mol. The molecule has 5 nitrogen and oxygen atoms in total. The van der Waals surface area contributed by atoms with Gasteiger partial charge in [0.1, 0.15) is 5.75 Å². The number of carbonyl (C=O) groups excluding carboxylic acids is 1. The van der Waals surface area contributed by atoms with Crippen LogP contribution in [-0.4, -0.2) is 32.8 Å². The molecule has 0 aliphatic carbocycles. The summed E-state index contributed by atoms with van der Waals surface area (Å²) in [4.78, 5) is 11.0. The first-order valence-electron chi connectivity index (χ1n) is 6.80. The Bertz CT molecular complexity index is 404. The first-order valence-corrected chi connectivity index (χ1v) is 6.80. The third-order valence-electron chi connectivity index (χ3n) is 3.25. The van der Waals surface area contributed by atoms with E-state index in [1.54, 1.807) is 0 Å². The fourth-order valence-electron chi connectivity index (χ4n) is 1.71. The number of benzene rings is 1. The van der Waals surface area contributed by atoms with Crippen LogP contribution in [0, 0.1) is 11.8 Å². The molecule has 3 N–H and O–H groups in total. The van der Waals surface area contributed by atoms with Gasteiger partial charge in [0, 0.05) is 12.2 Å². The normalized spacial score (nSPS) is 12.1. The van der Waals surface area contributed by atoms with Gasteiger partial charge in [-0.3, -0.25) is 0 Å². The minimum absolute atomic E-state index is 0.0775. The van der Waals surface area contributed by atoms with Crippen LogP contribution in [0.15, 0.2) is 24.3 Å². The second-order valence-electron chi connectivity index (χ2n) is 5.01. The Morgan fingerprint density at radius 2 is 1.95 bits per heavy atom. The zero-order valence-corrected chi connectivity index (χ0v) is 12.4. The van der Waals surface area contributed by atoms with E-state index in [-0.39, 0.29) is 6.61 Å². The minimum atomic E-state index is -0.394. The smallest absolute Gasteiger partial charge is 0.343 e. The Morgan fingerprint density at radius 1 is 1.30 bits per heavy atom. The highest BCUT2D eigenvalue weighted by Crippen LogP contribution is 2.17. The first kappa shape index (κ1) is 16.3. The number of nitrogens with one attached hydrogen (secondary N) is 1. The zero-order valence-electron chi connectivity index (χ0n) is 12.4. The van der Waals surface area contributed by atoms with Crippen molar-refractivity contribution in [2.75, 3.05) is 32.1 Å². The monoisotopic (exact) mass is 280 g/mol. The predicted octanol–water partition coefficient (Wildman–Crippen LogP) is 1.88. The van der Waals surface area contributed by atoms with Crippen molar-refractivity contribution >= 4 is 11.7 Å². The zero-order chi connectivity index (χ0) is 15.0. The number of rotatable bonds is 8. The summed E-state index contributed by atoms with van der Waals surface area (Å²) in [5.74, 6) is 1.25. The van der Waals surface area contributed by atoms with Crippen molar-refractivity contribution in [3.05, 3.63) is 24.3 Å². The van der Waals surface area contributed by atoms with Crippen LogP contribution < -0.4 is 15.8 Å². The van der Waals surface area contributed by atoms with Gasteiger partial charge in [-0.15, -0.1) is 0 Å². The molecule has 0 saturated carbocycles. The standard InChI is InChI=1S/C15H24N2O3/c1-11(2)12(8-16)9-17-13-4-6-14(7-5-13)20-10-15(18)19-3/h4-7,11-12,17H,8-10,16H2,1-3H3. The lowest BCUT2D eigenvalue weighted by Crippen LogP contribution is -2.27. The van der Waals surface area contributed by atoms with E-state index in [0.717, 1.165) is 12.2 Å². The molecular formula is C15H24N2O3. The van der Waals surface area contributed by atoms with E-state index < -0.39 is 5.97 Å². The van der Waals surface area contributed by atoms with E-state index in [0.29, 0.717) is 24.1 Å². The summed E-state index contributed by atoms with van der Waals surface area (Å²) < 4.78 is 9.78. The summed E-state index contributed by atoms with van der Waals surface area (Å²) in [5.41, 5.74) is 6.75. The molecule has 1 rings (SSSR count). The van der Waals surface area contributed by atoms with Crippen molar-refractivity contribution < 1.29 is 14.3 Å². The van der Waals surface area contributed by atoms with Crippen LogP contribution >= 0.6 is 0 Å². The molecule has 5 heteroatoms. The van der Waals surface area contributed by atoms with Gasteiger partial charge in [-0.2, -0.15) is 0 Å². The van der Waals surface area contributed by atoms with E-state index in [2.05, 4.69) is 23.9 Å². The highest BCUT2D eigenvalue weighted by molar-refractivity contribution is 5.70. The van der Waals surface area contributed by atoms with Crippen molar-refractivity contribution in [2.24, 2.45) is 17.6 Å². The number of methoxy groups -OCH3 is 1. The van der Waals surface area contributed by atoms with Crippen LogP contribution in [0.4, 0.5) is 5.69 Å². The maximum Gasteiger partial charge on any atom is 0.343 e. The summed E-state index contributed by atoms with van der Waals surface area (Å²) >= 11 is 0. The van der Waals surface area contributed by atoms with Gasteiger partial charge < -0.3 is 20.5 Å². The first-order chi connectivity index (χ1) is 9.56. The lowest BCUT2D eigenvalue weighted by Gasteiger charge is -2.20. The number of hydrogen-bond acceptors (Lipinski definition) is 5. The van der Waals surface area contributed by atoms with Crippen molar-refractivity contribution in [1.29, 1.82) is 0 Å². The Kier molecular flexibility index (Phi) is 6.87. The molecule has 0 saturated heterocycles. The lowest BCUT2D eigenvalue weighted by molar-refractivity contribution is -0.142. The van der Waals surface area contributed by atoms with Gasteiger partial charge in [-0.05, 0) is 42.6 Å². The summed E-state index contributed by atoms with van der Waals surface area (Å²) in [6, 6.07) is 7.47. The number of hydrogen-bond donors (Lipinski definition) is 2. The number of anilines is 1. The molecule has 0 spiro atoms. The Morgan fingerprint density at radius 3 is 2.45 bits per heavy atom. The van der Waals surface area contributed by atoms with E-state index in [1.165, 1.54) is 7.11 Å². The number of nitrogens with two attached hydrogens (primary N) is 1. The second-order valence-corrected chi connectivity index (χ2v) is 5.01. The average Bonchev–Trinajstić information content (AvgIpc) is 2.46. The van der Waals surface area contributed by atoms with E-state index in [1.807, 2.05) is 24.3 Å². The van der Waals surface area contributed by atoms with Crippen LogP contribution in [0.5, 0.6) is 5.75 Å². The third kappa shape index (κ3) is 5.48. The van der Waals surface area contributed by atoms with Gasteiger partial charge in [0.2, 0.25) is 0 Å². The van der Waals surface area contributed by atoms with Gasteiger partial charge in [-0.1, -0.05) is 13.8 Å². The molecule has 1 atom stereocenters. The molecule has 1 unspecified atom stereocenters. The highest BCUT2D eigenvalue weighted by atomic mass is 16.6. The lowest BCUT2D eigenvalue weighted by atomic mass is 9.96. The second kappa shape index (κ2) is 8.43. The van der Waals surface area contributed by atoms with Crippen molar-refractivity contribution in [1.82, 2.24) is 0 Å². The molecule has 1 aromatic carbocycles. The fraction of sp³-hybridized carbons (Fsp3) is 0.533. The molecule has 0 bridgehead atoms. The molecular weight excluding hydrogens is 256 g/mol. The molecule has 20 heavy (non-hydrogen) atoms. The SMILES string of the molecule is COC(=O)COc1ccc(NCC(CN)C(C)C)cc1. The molecule has 112 valence electrons. The van der Waals surface area contributed by atoms with E-state index >= 15 is 0 Å². The molecule has 0 amide bonds. The third-order valence-corrected chi connectivity index (χ3v) is 3.25. The van der Waals surface area contributed by atoms with Gasteiger partial charge in [0.15, 0.2) is 6.61 Å². The van der Waals surface area contributed by atoms with Gasteiger partial charge >= 0.3 is 5.97 Å². The summed E-state index contributed by atoms with van der Waals surface area (Å²) in [6.07, 6.45) is 0. The van der Waals surface area contributed by atoms with Crippen LogP contribution in [0.25, 0.3) is 0 Å². The number of carbonyl (C=O) groups is 1. The maximum absolute atomic E-state index is 11.0. The summed E-state index contributed by atoms with van der Waals surface area (Å²) in [6.45, 7) is 5.78. The quantitative estimate of drug-likeness (QED) is 0.711. The fourth-order valence-corrected chi connectivity index (χ4v) is 1.71. The van der Waals surface area contributed by atoms with Crippen LogP contribution in [-0.2, 0) is 9.53 Å². The van der Waals surface area contributed by atoms with Crippen LogP contribution in [0.2, 0.25) is 0 Å². The molecule has 0 heterocycles. The maximum atomic E-state index is 11.0. The van der Waals surface area contributed by atoms with Gasteiger partial charge in [0.25, 0.3) is 0 Å². The van der Waals surface area contributed by atoms with Crippen molar-refractivity contribution in [3.8, 4) is 5.75 Å². The largest absolute Gasteiger partial charge is 0.482 e. The summed E-state index contributed by atoms with van der Waals surface area (Å²) in [5, 5.41) is 3.35. The van der Waals surface area contributed by atoms with Crippen molar-refractivity contribution in [2.45, 2.75) is 13.8 Å². The Hall–Kier alpha value is -1.75. The van der Waals surface area contributed by atoms with E-state index in [9.17, 15) is 4.79 Å². The van der Waals surface area contributed by atoms with E-state index in [4.69, 9.17) is 10.5 Å². The Balaban J connectivity index is 2.44. The van der Waals surface area contributed by atoms with Crippen LogP contribution in [0.1, 0.15) is 13.8 Å². The topological polar surface area (TPSA) is 73.6 Å². The minimum Gasteiger partial charge on any atom is -0.482 e. The predicted molar refractivity (Wildman–Crippen MR) is 79.8 cm³/mol. The molecule has 1 aromatic rings. The summed E-state index contributed by atoms with van der Waals surface area (Å²) in [7, 11) is 1.33. The Labute approximate surface area is 120 Å². The number of ether oxygens (including phenoxy) is 2. The molecule has 0 aliphatic heterocycles.